The number of amides is 1. The number of imidazole rings is 1. The van der Waals surface area contributed by atoms with Gasteiger partial charge in [0, 0.05) is 17.7 Å². The number of ether oxygens (including phenoxy) is 1. The predicted octanol–water partition coefficient (Wildman–Crippen LogP) is 3.67. The molecule has 5 nitrogen and oxygen atoms in total. The van der Waals surface area contributed by atoms with Crippen molar-refractivity contribution < 1.29 is 9.53 Å². The third-order valence-electron chi connectivity index (χ3n) is 4.33. The van der Waals surface area contributed by atoms with Crippen LogP contribution in [0.15, 0.2) is 42.6 Å². The van der Waals surface area contributed by atoms with Crippen LogP contribution < -0.4 is 10.1 Å². The van der Waals surface area contributed by atoms with Crippen molar-refractivity contribution in [3.63, 3.8) is 0 Å². The molecule has 1 aliphatic rings. The first-order chi connectivity index (χ1) is 11.7. The van der Waals surface area contributed by atoms with E-state index in [-0.39, 0.29) is 11.8 Å². The van der Waals surface area contributed by atoms with Gasteiger partial charge in [-0.05, 0) is 61.7 Å². The van der Waals surface area contributed by atoms with Crippen LogP contribution in [0.25, 0.3) is 16.9 Å². The molecule has 1 N–H and O–H groups in total. The molecule has 0 aliphatic heterocycles. The number of anilines is 1. The second-order valence-corrected chi connectivity index (χ2v) is 6.23. The number of nitrogens with zero attached hydrogens (tertiary/aromatic N) is 2. The Morgan fingerprint density at radius 1 is 1.25 bits per heavy atom. The van der Waals surface area contributed by atoms with E-state index in [0.717, 1.165) is 46.9 Å². The predicted molar refractivity (Wildman–Crippen MR) is 93.3 cm³/mol. The van der Waals surface area contributed by atoms with Crippen molar-refractivity contribution >= 4 is 17.4 Å². The second-order valence-electron chi connectivity index (χ2n) is 6.23. The van der Waals surface area contributed by atoms with E-state index in [0.29, 0.717) is 0 Å². The van der Waals surface area contributed by atoms with E-state index in [1.807, 2.05) is 53.9 Å². The molecule has 1 amide bonds. The molecule has 0 atom stereocenters. The molecule has 1 saturated carbocycles. The van der Waals surface area contributed by atoms with E-state index < -0.39 is 0 Å². The minimum atomic E-state index is 0.0761. The molecule has 2 heterocycles. The summed E-state index contributed by atoms with van der Waals surface area (Å²) in [4.78, 5) is 17.0. The number of rotatable bonds is 4. The van der Waals surface area contributed by atoms with E-state index in [2.05, 4.69) is 5.32 Å². The highest BCUT2D eigenvalue weighted by Crippen LogP contribution is 2.34. The van der Waals surface area contributed by atoms with E-state index in [9.17, 15) is 4.79 Å². The number of nitrogens with one attached hydrogen (secondary N) is 1. The first-order valence-corrected chi connectivity index (χ1v) is 8.10. The van der Waals surface area contributed by atoms with Crippen molar-refractivity contribution in [2.75, 3.05) is 12.4 Å². The van der Waals surface area contributed by atoms with E-state index >= 15 is 0 Å². The second kappa shape index (κ2) is 5.67. The standard InChI is InChI=1S/C19H19N3O2/c1-12-9-10-22-16(11-12)20-17(13-5-7-15(24-2)8-6-13)18(22)21-19(23)14-3-4-14/h5-11,14H,3-4H2,1-2H3,(H,21,23). The third-order valence-corrected chi connectivity index (χ3v) is 4.33. The number of pyridine rings is 1. The Bertz CT molecular complexity index is 908. The van der Waals surface area contributed by atoms with Crippen LogP contribution in [0.5, 0.6) is 5.75 Å². The maximum atomic E-state index is 12.3. The quantitative estimate of drug-likeness (QED) is 0.798. The molecule has 1 aliphatic carbocycles. The first-order valence-electron chi connectivity index (χ1n) is 8.10. The highest BCUT2D eigenvalue weighted by atomic mass is 16.5. The Morgan fingerprint density at radius 3 is 2.67 bits per heavy atom. The molecule has 1 fully saturated rings. The van der Waals surface area contributed by atoms with E-state index in [1.165, 1.54) is 0 Å². The molecule has 2 aromatic heterocycles. The van der Waals surface area contributed by atoms with Crippen LogP contribution >= 0.6 is 0 Å². The lowest BCUT2D eigenvalue weighted by molar-refractivity contribution is -0.117. The topological polar surface area (TPSA) is 55.6 Å². The number of hydrogen-bond donors (Lipinski definition) is 1. The van der Waals surface area contributed by atoms with Gasteiger partial charge in [-0.3, -0.25) is 9.20 Å². The fraction of sp³-hybridized carbons (Fsp3) is 0.263. The zero-order valence-electron chi connectivity index (χ0n) is 13.7. The first kappa shape index (κ1) is 14.8. The van der Waals surface area contributed by atoms with Gasteiger partial charge in [-0.25, -0.2) is 4.98 Å². The highest BCUT2D eigenvalue weighted by Gasteiger charge is 2.31. The summed E-state index contributed by atoms with van der Waals surface area (Å²) in [5.41, 5.74) is 3.68. The lowest BCUT2D eigenvalue weighted by atomic mass is 10.1. The molecule has 0 saturated heterocycles. The summed E-state index contributed by atoms with van der Waals surface area (Å²) in [5, 5.41) is 3.07. The number of aryl methyl sites for hydroxylation is 1. The Balaban J connectivity index is 1.83. The summed E-state index contributed by atoms with van der Waals surface area (Å²) >= 11 is 0. The van der Waals surface area contributed by atoms with Gasteiger partial charge in [-0.2, -0.15) is 0 Å². The van der Waals surface area contributed by atoms with Crippen molar-refractivity contribution in [3.05, 3.63) is 48.2 Å². The summed E-state index contributed by atoms with van der Waals surface area (Å²) in [6.07, 6.45) is 3.90. The molecular formula is C19H19N3O2. The molecule has 3 aromatic rings. The molecular weight excluding hydrogens is 302 g/mol. The van der Waals surface area contributed by atoms with Crippen LogP contribution in [0.1, 0.15) is 18.4 Å². The molecule has 4 rings (SSSR count). The average Bonchev–Trinajstić information content (AvgIpc) is 3.39. The van der Waals surface area contributed by atoms with Gasteiger partial charge in [0.1, 0.15) is 22.9 Å². The number of aromatic nitrogens is 2. The Kier molecular flexibility index (Phi) is 3.49. The number of benzene rings is 1. The van der Waals surface area contributed by atoms with Gasteiger partial charge in [-0.15, -0.1) is 0 Å². The Hall–Kier alpha value is -2.82. The van der Waals surface area contributed by atoms with Crippen molar-refractivity contribution in [1.82, 2.24) is 9.38 Å². The summed E-state index contributed by atoms with van der Waals surface area (Å²) in [5.74, 6) is 1.74. The largest absolute Gasteiger partial charge is 0.497 e. The van der Waals surface area contributed by atoms with Crippen LogP contribution in [-0.4, -0.2) is 22.4 Å². The van der Waals surface area contributed by atoms with Gasteiger partial charge < -0.3 is 10.1 Å². The molecule has 24 heavy (non-hydrogen) atoms. The van der Waals surface area contributed by atoms with Crippen LogP contribution in [-0.2, 0) is 4.79 Å². The van der Waals surface area contributed by atoms with Gasteiger partial charge in [0.05, 0.1) is 7.11 Å². The van der Waals surface area contributed by atoms with Gasteiger partial charge in [0.25, 0.3) is 0 Å². The van der Waals surface area contributed by atoms with Crippen LogP contribution in [0.3, 0.4) is 0 Å². The van der Waals surface area contributed by atoms with Crippen LogP contribution in [0.4, 0.5) is 5.82 Å². The number of methoxy groups -OCH3 is 1. The Morgan fingerprint density at radius 2 is 2.00 bits per heavy atom. The van der Waals surface area contributed by atoms with Gasteiger partial charge in [0.2, 0.25) is 5.91 Å². The highest BCUT2D eigenvalue weighted by molar-refractivity contribution is 5.97. The number of carbonyl (C=O) groups excluding carboxylic acids is 1. The fourth-order valence-electron chi connectivity index (χ4n) is 2.78. The minimum absolute atomic E-state index is 0.0761. The average molecular weight is 321 g/mol. The number of hydrogen-bond acceptors (Lipinski definition) is 3. The van der Waals surface area contributed by atoms with Crippen LogP contribution in [0.2, 0.25) is 0 Å². The van der Waals surface area contributed by atoms with Gasteiger partial charge in [0.15, 0.2) is 0 Å². The van der Waals surface area contributed by atoms with Crippen molar-refractivity contribution in [3.8, 4) is 17.0 Å². The lowest BCUT2D eigenvalue weighted by Crippen LogP contribution is -2.15. The Labute approximate surface area is 140 Å². The van der Waals surface area contributed by atoms with E-state index in [1.54, 1.807) is 7.11 Å². The van der Waals surface area contributed by atoms with Gasteiger partial charge >= 0.3 is 0 Å². The molecule has 0 bridgehead atoms. The van der Waals surface area contributed by atoms with E-state index in [4.69, 9.17) is 9.72 Å². The summed E-state index contributed by atoms with van der Waals surface area (Å²) in [7, 11) is 1.64. The summed E-state index contributed by atoms with van der Waals surface area (Å²) in [6.45, 7) is 2.03. The molecule has 5 heteroatoms. The SMILES string of the molecule is COc1ccc(-c2nc3cc(C)ccn3c2NC(=O)C2CC2)cc1. The molecule has 0 radical (unpaired) electrons. The smallest absolute Gasteiger partial charge is 0.228 e. The third kappa shape index (κ3) is 2.62. The molecule has 1 aromatic carbocycles. The molecule has 122 valence electrons. The molecule has 0 spiro atoms. The monoisotopic (exact) mass is 321 g/mol. The summed E-state index contributed by atoms with van der Waals surface area (Å²) < 4.78 is 7.16. The zero-order chi connectivity index (χ0) is 16.7. The summed E-state index contributed by atoms with van der Waals surface area (Å²) in [6, 6.07) is 11.7. The van der Waals surface area contributed by atoms with Crippen molar-refractivity contribution in [1.29, 1.82) is 0 Å². The van der Waals surface area contributed by atoms with Gasteiger partial charge in [-0.1, -0.05) is 0 Å². The number of fused-ring (bicyclic) bond motifs is 1. The number of carbonyl (C=O) groups is 1. The zero-order valence-corrected chi connectivity index (χ0v) is 13.7. The maximum Gasteiger partial charge on any atom is 0.228 e. The minimum Gasteiger partial charge on any atom is -0.497 e. The normalized spacial score (nSPS) is 13.9. The van der Waals surface area contributed by atoms with Crippen molar-refractivity contribution in [2.24, 2.45) is 5.92 Å². The lowest BCUT2D eigenvalue weighted by Gasteiger charge is -2.08. The molecule has 0 unspecified atom stereocenters. The van der Waals surface area contributed by atoms with Crippen molar-refractivity contribution in [2.45, 2.75) is 19.8 Å². The fourth-order valence-corrected chi connectivity index (χ4v) is 2.78. The maximum absolute atomic E-state index is 12.3. The van der Waals surface area contributed by atoms with Crippen LogP contribution in [0, 0.1) is 12.8 Å².